The maximum Gasteiger partial charge on any atom is 0.251 e. The number of aliphatic hydroxyl groups is 4. The van der Waals surface area contributed by atoms with Crippen LogP contribution in [0.5, 0.6) is 0 Å². The highest BCUT2D eigenvalue weighted by Crippen LogP contribution is 2.21. The number of carbonyl (C=O) groups excluding carboxylic acids is 1. The van der Waals surface area contributed by atoms with E-state index in [1.54, 1.807) is 6.07 Å². The van der Waals surface area contributed by atoms with E-state index in [1.807, 2.05) is 25.1 Å². The highest BCUT2D eigenvalue weighted by atomic mass is 16.7. The Bertz CT molecular complexity index is 580. The van der Waals surface area contributed by atoms with Gasteiger partial charge in [0.25, 0.3) is 5.91 Å². The number of hydrogen-bond acceptors (Lipinski definition) is 7. The monoisotopic (exact) mass is 369 g/mol. The molecule has 2 rings (SSSR count). The van der Waals surface area contributed by atoms with E-state index >= 15 is 0 Å². The van der Waals surface area contributed by atoms with E-state index in [0.717, 1.165) is 12.0 Å². The minimum Gasteiger partial charge on any atom is -0.394 e. The molecular formula is C18H27NO7. The zero-order valence-electron chi connectivity index (χ0n) is 14.7. The van der Waals surface area contributed by atoms with Crippen LogP contribution in [-0.4, -0.2) is 76.8 Å². The lowest BCUT2D eigenvalue weighted by Crippen LogP contribution is -2.59. The Labute approximate surface area is 152 Å². The van der Waals surface area contributed by atoms with E-state index < -0.39 is 37.3 Å². The highest BCUT2D eigenvalue weighted by Gasteiger charge is 2.43. The lowest BCUT2D eigenvalue weighted by atomic mass is 9.99. The molecule has 1 aromatic carbocycles. The van der Waals surface area contributed by atoms with Crippen molar-refractivity contribution in [2.24, 2.45) is 0 Å². The second-order valence-electron chi connectivity index (χ2n) is 6.19. The van der Waals surface area contributed by atoms with Gasteiger partial charge in [-0.2, -0.15) is 0 Å². The first-order chi connectivity index (χ1) is 12.5. The molecule has 1 amide bonds. The molecule has 1 aliphatic heterocycles. The van der Waals surface area contributed by atoms with Crippen molar-refractivity contribution in [3.8, 4) is 0 Å². The van der Waals surface area contributed by atoms with Crippen LogP contribution in [0.1, 0.15) is 29.3 Å². The molecule has 1 aliphatic rings. The number of carbonyl (C=O) groups is 1. The molecule has 0 bridgehead atoms. The molecule has 0 radical (unpaired) electrons. The summed E-state index contributed by atoms with van der Waals surface area (Å²) in [4.78, 5) is 12.2. The molecule has 1 heterocycles. The van der Waals surface area contributed by atoms with Gasteiger partial charge in [0.1, 0.15) is 24.4 Å². The smallest absolute Gasteiger partial charge is 0.251 e. The third kappa shape index (κ3) is 5.00. The zero-order valence-corrected chi connectivity index (χ0v) is 14.7. The molecule has 0 aromatic heterocycles. The lowest BCUT2D eigenvalue weighted by Gasteiger charge is -2.39. The molecule has 8 nitrogen and oxygen atoms in total. The molecule has 1 aromatic rings. The molecule has 1 saturated heterocycles. The largest absolute Gasteiger partial charge is 0.394 e. The molecule has 0 saturated carbocycles. The van der Waals surface area contributed by atoms with Crippen molar-refractivity contribution in [3.05, 3.63) is 35.4 Å². The molecular weight excluding hydrogens is 342 g/mol. The fourth-order valence-electron chi connectivity index (χ4n) is 2.82. The van der Waals surface area contributed by atoms with Gasteiger partial charge in [-0.15, -0.1) is 0 Å². The van der Waals surface area contributed by atoms with Crippen LogP contribution in [0.3, 0.4) is 0 Å². The molecule has 5 atom stereocenters. The van der Waals surface area contributed by atoms with Crippen LogP contribution in [0, 0.1) is 0 Å². The van der Waals surface area contributed by atoms with Gasteiger partial charge in [-0.25, -0.2) is 0 Å². The molecule has 26 heavy (non-hydrogen) atoms. The number of amides is 1. The first-order valence-corrected chi connectivity index (χ1v) is 8.77. The van der Waals surface area contributed by atoms with Crippen LogP contribution >= 0.6 is 0 Å². The predicted octanol–water partition coefficient (Wildman–Crippen LogP) is -0.815. The van der Waals surface area contributed by atoms with Crippen LogP contribution in [0.25, 0.3) is 0 Å². The number of ether oxygens (including phenoxy) is 2. The number of hydrogen-bond donors (Lipinski definition) is 5. The summed E-state index contributed by atoms with van der Waals surface area (Å²) in [6, 6.07) is 7.40. The first kappa shape index (κ1) is 20.8. The number of rotatable bonds is 8. The van der Waals surface area contributed by atoms with Gasteiger partial charge in [-0.05, 0) is 24.5 Å². The SMILES string of the molecule is CCc1ccccc1C(=O)NCCCO[C@@H]1O[C@H](CO)[C@@H](O)[C@H](O)[C@H]1O. The number of nitrogens with one attached hydrogen (secondary N) is 1. The molecule has 0 aliphatic carbocycles. The van der Waals surface area contributed by atoms with Crippen LogP contribution in [0.4, 0.5) is 0 Å². The third-order valence-corrected chi connectivity index (χ3v) is 4.38. The second kappa shape index (κ2) is 9.96. The minimum absolute atomic E-state index is 0.157. The Balaban J connectivity index is 1.74. The summed E-state index contributed by atoms with van der Waals surface area (Å²) < 4.78 is 10.6. The Morgan fingerprint density at radius 3 is 2.62 bits per heavy atom. The standard InChI is InChI=1S/C18H27NO7/c1-2-11-6-3-4-7-12(11)17(24)19-8-5-9-25-18-16(23)15(22)14(21)13(10-20)26-18/h3-4,6-7,13-16,18,20-23H,2,5,8-10H2,1H3,(H,19,24)/t13-,14-,15+,16-,18-/m1/s1. The minimum atomic E-state index is -1.46. The fourth-order valence-corrected chi connectivity index (χ4v) is 2.82. The van der Waals surface area contributed by atoms with Crippen molar-refractivity contribution < 1.29 is 34.7 Å². The summed E-state index contributed by atoms with van der Waals surface area (Å²) in [5, 5.41) is 41.2. The van der Waals surface area contributed by atoms with Gasteiger partial charge in [-0.3, -0.25) is 4.79 Å². The number of benzene rings is 1. The molecule has 0 unspecified atom stereocenters. The predicted molar refractivity (Wildman–Crippen MR) is 92.5 cm³/mol. The van der Waals surface area contributed by atoms with E-state index in [1.165, 1.54) is 0 Å². The van der Waals surface area contributed by atoms with Crippen LogP contribution in [0.2, 0.25) is 0 Å². The maximum atomic E-state index is 12.2. The summed E-state index contributed by atoms with van der Waals surface area (Å²) in [7, 11) is 0. The molecule has 146 valence electrons. The van der Waals surface area contributed by atoms with Gasteiger partial charge in [0.2, 0.25) is 0 Å². The zero-order chi connectivity index (χ0) is 19.1. The average Bonchev–Trinajstić information content (AvgIpc) is 2.67. The van der Waals surface area contributed by atoms with Crippen molar-refractivity contribution in [1.82, 2.24) is 5.32 Å². The number of aryl methyl sites for hydroxylation is 1. The molecule has 1 fully saturated rings. The third-order valence-electron chi connectivity index (χ3n) is 4.38. The Morgan fingerprint density at radius 1 is 1.19 bits per heavy atom. The van der Waals surface area contributed by atoms with E-state index in [2.05, 4.69) is 5.32 Å². The first-order valence-electron chi connectivity index (χ1n) is 8.77. The van der Waals surface area contributed by atoms with Crippen LogP contribution in [0.15, 0.2) is 24.3 Å². The van der Waals surface area contributed by atoms with Crippen molar-refractivity contribution in [2.75, 3.05) is 19.8 Å². The van der Waals surface area contributed by atoms with E-state index in [9.17, 15) is 20.1 Å². The van der Waals surface area contributed by atoms with Crippen molar-refractivity contribution in [1.29, 1.82) is 0 Å². The van der Waals surface area contributed by atoms with Gasteiger partial charge in [0.15, 0.2) is 6.29 Å². The second-order valence-corrected chi connectivity index (χ2v) is 6.19. The van der Waals surface area contributed by atoms with Crippen molar-refractivity contribution >= 4 is 5.91 Å². The summed E-state index contributed by atoms with van der Waals surface area (Å²) in [5.41, 5.74) is 1.62. The quantitative estimate of drug-likeness (QED) is 0.379. The number of aliphatic hydroxyl groups excluding tert-OH is 4. The summed E-state index contributed by atoms with van der Waals surface area (Å²) >= 11 is 0. The Kier molecular flexibility index (Phi) is 7.95. The molecule has 8 heteroatoms. The Hall–Kier alpha value is -1.55. The molecule has 0 spiro atoms. The normalized spacial score (nSPS) is 28.7. The van der Waals surface area contributed by atoms with E-state index in [0.29, 0.717) is 18.5 Å². The summed E-state index contributed by atoms with van der Waals surface area (Å²) in [6.45, 7) is 2.02. The van der Waals surface area contributed by atoms with Gasteiger partial charge in [-0.1, -0.05) is 25.1 Å². The molecule has 5 N–H and O–H groups in total. The lowest BCUT2D eigenvalue weighted by molar-refractivity contribution is -0.301. The average molecular weight is 369 g/mol. The topological polar surface area (TPSA) is 128 Å². The van der Waals surface area contributed by atoms with Crippen LogP contribution in [-0.2, 0) is 15.9 Å². The Morgan fingerprint density at radius 2 is 1.92 bits per heavy atom. The van der Waals surface area contributed by atoms with Crippen LogP contribution < -0.4 is 5.32 Å². The van der Waals surface area contributed by atoms with Crippen molar-refractivity contribution in [2.45, 2.75) is 50.5 Å². The van der Waals surface area contributed by atoms with Crippen molar-refractivity contribution in [3.63, 3.8) is 0 Å². The summed E-state index contributed by atoms with van der Waals surface area (Å²) in [6.07, 6.45) is -5.20. The van der Waals surface area contributed by atoms with Gasteiger partial charge in [0.05, 0.1) is 13.2 Å². The van der Waals surface area contributed by atoms with E-state index in [4.69, 9.17) is 14.6 Å². The van der Waals surface area contributed by atoms with Gasteiger partial charge >= 0.3 is 0 Å². The van der Waals surface area contributed by atoms with Gasteiger partial charge in [0, 0.05) is 12.1 Å². The highest BCUT2D eigenvalue weighted by molar-refractivity contribution is 5.95. The van der Waals surface area contributed by atoms with Gasteiger partial charge < -0.3 is 35.2 Å². The van der Waals surface area contributed by atoms with E-state index in [-0.39, 0.29) is 12.5 Å². The maximum absolute atomic E-state index is 12.2. The summed E-state index contributed by atoms with van der Waals surface area (Å²) in [5.74, 6) is -0.157. The fraction of sp³-hybridized carbons (Fsp3) is 0.611.